The van der Waals surface area contributed by atoms with Gasteiger partial charge in [-0.2, -0.15) is 0 Å². The molecule has 0 aliphatic carbocycles. The Bertz CT molecular complexity index is 350. The van der Waals surface area contributed by atoms with Crippen LogP contribution in [0, 0.1) is 0 Å². The van der Waals surface area contributed by atoms with Crippen molar-refractivity contribution in [3.05, 3.63) is 35.1 Å². The molecule has 0 unspecified atom stereocenters. The molecule has 1 heterocycles. The average molecular weight is 300 g/mol. The summed E-state index contributed by atoms with van der Waals surface area (Å²) in [5, 5.41) is 4.37. The zero-order chi connectivity index (χ0) is 13.3. The number of rotatable bonds is 7. The largest absolute Gasteiger partial charge is 1.00 e. The fraction of sp³-hybridized carbons (Fsp3) is 0.625. The van der Waals surface area contributed by atoms with Gasteiger partial charge >= 0.3 is 51.4 Å². The van der Waals surface area contributed by atoms with Crippen LogP contribution >= 0.6 is 0 Å². The van der Waals surface area contributed by atoms with Crippen molar-refractivity contribution in [2.24, 2.45) is 0 Å². The molecule has 4 heteroatoms. The standard InChI is InChI=1S/C16H25N2O.K/c1-2-3-4-13-19-16-7-5-15(6-8-16)14-18-11-9-17-10-12-18;/h5-8H,2-4,9-14H2,1H3;/q-1;+1. The first kappa shape index (κ1) is 18.6. The van der Waals surface area contributed by atoms with Gasteiger partial charge in [0.2, 0.25) is 0 Å². The van der Waals surface area contributed by atoms with E-state index in [1.807, 2.05) is 0 Å². The second-order valence-corrected chi connectivity index (χ2v) is 5.15. The first-order chi connectivity index (χ1) is 9.38. The van der Waals surface area contributed by atoms with Crippen LogP contribution in [0.15, 0.2) is 24.3 Å². The van der Waals surface area contributed by atoms with Gasteiger partial charge in [0.05, 0.1) is 6.61 Å². The van der Waals surface area contributed by atoms with Crippen LogP contribution in [-0.2, 0) is 6.54 Å². The van der Waals surface area contributed by atoms with Gasteiger partial charge in [0, 0.05) is 6.54 Å². The van der Waals surface area contributed by atoms with Crippen LogP contribution in [-0.4, -0.2) is 37.7 Å². The van der Waals surface area contributed by atoms with Gasteiger partial charge in [0.1, 0.15) is 5.75 Å². The summed E-state index contributed by atoms with van der Waals surface area (Å²) >= 11 is 0. The predicted molar refractivity (Wildman–Crippen MR) is 79.8 cm³/mol. The molecule has 0 amide bonds. The maximum absolute atomic E-state index is 5.72. The van der Waals surface area contributed by atoms with Crippen LogP contribution in [0.1, 0.15) is 31.7 Å². The molecule has 0 spiro atoms. The Morgan fingerprint density at radius 2 is 1.80 bits per heavy atom. The summed E-state index contributed by atoms with van der Waals surface area (Å²) in [6.45, 7) is 8.23. The van der Waals surface area contributed by atoms with E-state index in [-0.39, 0.29) is 51.4 Å². The molecule has 1 saturated heterocycles. The Labute approximate surface area is 165 Å². The molecule has 0 bridgehead atoms. The minimum absolute atomic E-state index is 0. The van der Waals surface area contributed by atoms with Crippen LogP contribution in [0.2, 0.25) is 0 Å². The van der Waals surface area contributed by atoms with Gasteiger partial charge in [-0.15, -0.1) is 13.1 Å². The Balaban J connectivity index is 0.00000200. The van der Waals surface area contributed by atoms with Crippen molar-refractivity contribution in [1.82, 2.24) is 4.90 Å². The van der Waals surface area contributed by atoms with E-state index in [0.717, 1.165) is 51.5 Å². The Hall–Kier alpha value is 0.576. The van der Waals surface area contributed by atoms with Crippen LogP contribution in [0.3, 0.4) is 0 Å². The number of hydrogen-bond donors (Lipinski definition) is 0. The third-order valence-corrected chi connectivity index (χ3v) is 3.49. The molecule has 2 rings (SSSR count). The molecule has 1 aliphatic rings. The first-order valence-corrected chi connectivity index (χ1v) is 7.46. The third kappa shape index (κ3) is 7.03. The summed E-state index contributed by atoms with van der Waals surface area (Å²) in [7, 11) is 0. The second-order valence-electron chi connectivity index (χ2n) is 5.15. The van der Waals surface area contributed by atoms with Gasteiger partial charge in [-0.25, -0.2) is 0 Å². The zero-order valence-corrected chi connectivity index (χ0v) is 16.1. The maximum atomic E-state index is 5.72. The molecule has 0 atom stereocenters. The predicted octanol–water partition coefficient (Wildman–Crippen LogP) is 0.449. The summed E-state index contributed by atoms with van der Waals surface area (Å²) in [6.07, 6.45) is 3.64. The van der Waals surface area contributed by atoms with Crippen molar-refractivity contribution >= 4 is 0 Å². The number of hydrogen-bond acceptors (Lipinski definition) is 2. The molecule has 1 aliphatic heterocycles. The maximum Gasteiger partial charge on any atom is 1.00 e. The van der Waals surface area contributed by atoms with E-state index in [1.54, 1.807) is 0 Å². The molecule has 1 aromatic carbocycles. The molecule has 1 fully saturated rings. The number of nitrogens with zero attached hydrogens (tertiary/aromatic N) is 2. The second kappa shape index (κ2) is 11.2. The molecule has 3 nitrogen and oxygen atoms in total. The Kier molecular flexibility index (Phi) is 10.4. The zero-order valence-electron chi connectivity index (χ0n) is 13.0. The molecular weight excluding hydrogens is 275 g/mol. The van der Waals surface area contributed by atoms with Gasteiger partial charge in [-0.3, -0.25) is 0 Å². The van der Waals surface area contributed by atoms with E-state index in [1.165, 1.54) is 18.4 Å². The number of piperazine rings is 1. The van der Waals surface area contributed by atoms with Crippen LogP contribution < -0.4 is 56.1 Å². The van der Waals surface area contributed by atoms with Crippen molar-refractivity contribution in [3.63, 3.8) is 0 Å². The summed E-state index contributed by atoms with van der Waals surface area (Å²) in [5.41, 5.74) is 1.36. The minimum Gasteiger partial charge on any atom is -0.660 e. The van der Waals surface area contributed by atoms with Gasteiger partial charge in [0.25, 0.3) is 0 Å². The summed E-state index contributed by atoms with van der Waals surface area (Å²) in [5.74, 6) is 0.994. The van der Waals surface area contributed by atoms with Crippen molar-refractivity contribution in [1.29, 1.82) is 0 Å². The van der Waals surface area contributed by atoms with Gasteiger partial charge < -0.3 is 15.0 Å². The van der Waals surface area contributed by atoms with Crippen molar-refractivity contribution < 1.29 is 56.1 Å². The molecule has 0 aromatic heterocycles. The SMILES string of the molecule is CCCCCOc1ccc(CN2CC[N-]CC2)cc1.[K+]. The van der Waals surface area contributed by atoms with E-state index in [9.17, 15) is 0 Å². The van der Waals surface area contributed by atoms with E-state index in [2.05, 4.69) is 41.4 Å². The fourth-order valence-electron chi connectivity index (χ4n) is 2.30. The van der Waals surface area contributed by atoms with Gasteiger partial charge in [0.15, 0.2) is 0 Å². The Morgan fingerprint density at radius 1 is 1.10 bits per heavy atom. The van der Waals surface area contributed by atoms with E-state index >= 15 is 0 Å². The summed E-state index contributed by atoms with van der Waals surface area (Å²) in [4.78, 5) is 2.46. The topological polar surface area (TPSA) is 26.6 Å². The van der Waals surface area contributed by atoms with Gasteiger partial charge in [-0.05, 0) is 37.2 Å². The molecule has 0 N–H and O–H groups in total. The number of benzene rings is 1. The fourth-order valence-corrected chi connectivity index (χ4v) is 2.30. The van der Waals surface area contributed by atoms with Crippen LogP contribution in [0.4, 0.5) is 0 Å². The molecule has 0 saturated carbocycles. The molecule has 0 radical (unpaired) electrons. The minimum atomic E-state index is 0. The van der Waals surface area contributed by atoms with Gasteiger partial charge in [-0.1, -0.05) is 31.9 Å². The number of unbranched alkanes of at least 4 members (excludes halogenated alkanes) is 2. The van der Waals surface area contributed by atoms with E-state index in [0.29, 0.717) is 0 Å². The van der Waals surface area contributed by atoms with Crippen molar-refractivity contribution in [2.75, 3.05) is 32.8 Å². The summed E-state index contributed by atoms with van der Waals surface area (Å²) < 4.78 is 5.72. The monoisotopic (exact) mass is 300 g/mol. The average Bonchev–Trinajstić information content (AvgIpc) is 2.46. The normalized spacial score (nSPS) is 15.7. The van der Waals surface area contributed by atoms with E-state index in [4.69, 9.17) is 4.74 Å². The molecular formula is C16H25KN2O. The summed E-state index contributed by atoms with van der Waals surface area (Å²) in [6, 6.07) is 8.55. The van der Waals surface area contributed by atoms with Crippen molar-refractivity contribution in [2.45, 2.75) is 32.7 Å². The Morgan fingerprint density at radius 3 is 2.45 bits per heavy atom. The molecule has 1 aromatic rings. The molecule has 106 valence electrons. The smallest absolute Gasteiger partial charge is 0.660 e. The van der Waals surface area contributed by atoms with Crippen LogP contribution in [0.25, 0.3) is 5.32 Å². The molecule has 20 heavy (non-hydrogen) atoms. The third-order valence-electron chi connectivity index (χ3n) is 3.49. The van der Waals surface area contributed by atoms with Crippen LogP contribution in [0.5, 0.6) is 5.75 Å². The van der Waals surface area contributed by atoms with Crippen molar-refractivity contribution in [3.8, 4) is 5.75 Å². The first-order valence-electron chi connectivity index (χ1n) is 7.46. The van der Waals surface area contributed by atoms with E-state index < -0.39 is 0 Å². The number of ether oxygens (including phenoxy) is 1. The quantitative estimate of drug-likeness (QED) is 0.540.